The number of carbonyl (C=O) groups is 1. The molecule has 1 amide bonds. The molecule has 0 aliphatic carbocycles. The van der Waals surface area contributed by atoms with Crippen LogP contribution < -0.4 is 10.1 Å². The number of ether oxygens (including phenoxy) is 2. The van der Waals surface area contributed by atoms with Crippen LogP contribution in [0, 0.1) is 0 Å². The van der Waals surface area contributed by atoms with Crippen LogP contribution >= 0.6 is 24.0 Å². The Hall–Kier alpha value is -2.98. The van der Waals surface area contributed by atoms with Gasteiger partial charge in [-0.25, -0.2) is 8.42 Å². The zero-order valence-corrected chi connectivity index (χ0v) is 21.0. The van der Waals surface area contributed by atoms with Crippen LogP contribution in [0.4, 0.5) is 13.2 Å². The number of pyridine rings is 1. The van der Waals surface area contributed by atoms with E-state index in [4.69, 9.17) is 21.4 Å². The number of carbonyl (C=O) groups excluding carboxylic acids is 1. The standard InChI is InChI=1S/C22H16F3N3O6S3/c23-22(24,25)34-16-8-12(1-2-18(16)37(30,31)28-3-5-32-6-4-28)15-11-26-10-13-7-14(33-19(13)15)9-17-20(29)27-21(35)36-17/h1-2,7-11H,3-6H2,(H,27,29,35)/b17-9+. The molecule has 2 aliphatic rings. The Kier molecular flexibility index (Phi) is 6.74. The number of rotatable bonds is 5. The van der Waals surface area contributed by atoms with Crippen LogP contribution in [0.5, 0.6) is 5.75 Å². The summed E-state index contributed by atoms with van der Waals surface area (Å²) in [5, 5.41) is 3.00. The highest BCUT2D eigenvalue weighted by Crippen LogP contribution is 2.38. The third-order valence-electron chi connectivity index (χ3n) is 5.43. The summed E-state index contributed by atoms with van der Waals surface area (Å²) in [6.07, 6.45) is -0.791. The number of halogens is 3. The summed E-state index contributed by atoms with van der Waals surface area (Å²) in [5.74, 6) is -0.959. The van der Waals surface area contributed by atoms with E-state index in [1.54, 1.807) is 6.07 Å². The number of morpholine rings is 1. The number of aromatic nitrogens is 1. The Balaban J connectivity index is 1.58. The Bertz CT molecular complexity index is 1550. The number of hydrogen-bond donors (Lipinski definition) is 1. The maximum absolute atomic E-state index is 13.3. The number of thiocarbonyl (C=S) groups is 1. The summed E-state index contributed by atoms with van der Waals surface area (Å²) in [6.45, 7) is 0.266. The lowest BCUT2D eigenvalue weighted by Crippen LogP contribution is -2.40. The highest BCUT2D eigenvalue weighted by atomic mass is 32.2. The highest BCUT2D eigenvalue weighted by Gasteiger charge is 2.36. The van der Waals surface area contributed by atoms with Crippen LogP contribution in [0.15, 0.2) is 50.9 Å². The summed E-state index contributed by atoms with van der Waals surface area (Å²) in [4.78, 5) is 15.8. The third kappa shape index (κ3) is 5.36. The molecule has 2 aliphatic heterocycles. The van der Waals surface area contributed by atoms with E-state index in [2.05, 4.69) is 15.0 Å². The molecule has 9 nitrogen and oxygen atoms in total. The zero-order chi connectivity index (χ0) is 26.4. The van der Waals surface area contributed by atoms with Gasteiger partial charge in [-0.15, -0.1) is 13.2 Å². The van der Waals surface area contributed by atoms with Gasteiger partial charge in [0, 0.05) is 42.5 Å². The second-order valence-corrected chi connectivity index (χ2v) is 11.5. The van der Waals surface area contributed by atoms with Gasteiger partial charge in [0.15, 0.2) is 0 Å². The zero-order valence-electron chi connectivity index (χ0n) is 18.6. The largest absolute Gasteiger partial charge is 0.573 e. The quantitative estimate of drug-likeness (QED) is 0.360. The fourth-order valence-corrected chi connectivity index (χ4v) is 6.36. The molecule has 4 heterocycles. The fraction of sp³-hybridized carbons (Fsp3) is 0.227. The van der Waals surface area contributed by atoms with Crippen LogP contribution in [-0.2, 0) is 19.6 Å². The maximum Gasteiger partial charge on any atom is 0.573 e. The molecule has 1 N–H and O–H groups in total. The van der Waals surface area contributed by atoms with Gasteiger partial charge >= 0.3 is 6.36 Å². The SMILES string of the molecule is O=C1NC(=S)S/C1=C/c1cc2cncc(-c3ccc(S(=O)(=O)N4CCOCC4)c(OC(F)(F)F)c3)c2o1. The van der Waals surface area contributed by atoms with E-state index in [1.807, 2.05) is 0 Å². The van der Waals surface area contributed by atoms with Gasteiger partial charge in [-0.2, -0.15) is 4.31 Å². The predicted octanol–water partition coefficient (Wildman–Crippen LogP) is 3.90. The predicted molar refractivity (Wildman–Crippen MR) is 132 cm³/mol. The van der Waals surface area contributed by atoms with Crippen molar-refractivity contribution < 1.29 is 40.3 Å². The van der Waals surface area contributed by atoms with Crippen molar-refractivity contribution >= 4 is 61.3 Å². The van der Waals surface area contributed by atoms with Crippen molar-refractivity contribution in [1.82, 2.24) is 14.6 Å². The van der Waals surface area contributed by atoms with Crippen molar-refractivity contribution in [2.75, 3.05) is 26.3 Å². The number of furan rings is 1. The number of fused-ring (bicyclic) bond motifs is 1. The number of benzene rings is 1. The minimum Gasteiger partial charge on any atom is -0.456 e. The molecule has 37 heavy (non-hydrogen) atoms. The summed E-state index contributed by atoms with van der Waals surface area (Å²) >= 11 is 6.04. The minimum absolute atomic E-state index is 0.00444. The molecule has 2 aromatic heterocycles. The molecule has 15 heteroatoms. The van der Waals surface area contributed by atoms with E-state index in [0.717, 1.165) is 28.2 Å². The van der Waals surface area contributed by atoms with Crippen molar-refractivity contribution in [2.24, 2.45) is 0 Å². The molecule has 0 radical (unpaired) electrons. The Labute approximate surface area is 217 Å². The Morgan fingerprint density at radius 3 is 2.62 bits per heavy atom. The maximum atomic E-state index is 13.3. The third-order valence-corrected chi connectivity index (χ3v) is 8.53. The molecular formula is C22H16F3N3O6S3. The van der Waals surface area contributed by atoms with E-state index in [-0.39, 0.29) is 43.4 Å². The van der Waals surface area contributed by atoms with Crippen LogP contribution in [0.25, 0.3) is 28.2 Å². The summed E-state index contributed by atoms with van der Waals surface area (Å²) in [6, 6.07) is 5.01. The average Bonchev–Trinajstić information content (AvgIpc) is 3.39. The van der Waals surface area contributed by atoms with Gasteiger partial charge in [-0.3, -0.25) is 9.78 Å². The molecule has 2 fully saturated rings. The van der Waals surface area contributed by atoms with Crippen molar-refractivity contribution in [2.45, 2.75) is 11.3 Å². The van der Waals surface area contributed by atoms with Gasteiger partial charge in [0.1, 0.15) is 26.3 Å². The molecule has 194 valence electrons. The van der Waals surface area contributed by atoms with E-state index < -0.39 is 27.0 Å². The topological polar surface area (TPSA) is 111 Å². The van der Waals surface area contributed by atoms with Crippen LogP contribution in [0.3, 0.4) is 0 Å². The van der Waals surface area contributed by atoms with Crippen molar-refractivity contribution in [3.8, 4) is 16.9 Å². The normalized spacial score (nSPS) is 18.5. The number of nitrogens with one attached hydrogen (secondary N) is 1. The van der Waals surface area contributed by atoms with Gasteiger partial charge in [0.2, 0.25) is 10.0 Å². The first-order valence-corrected chi connectivity index (χ1v) is 13.3. The van der Waals surface area contributed by atoms with Gasteiger partial charge in [0.25, 0.3) is 5.91 Å². The number of amides is 1. The summed E-state index contributed by atoms with van der Waals surface area (Å²) < 4.78 is 82.5. The molecule has 0 spiro atoms. The van der Waals surface area contributed by atoms with E-state index >= 15 is 0 Å². The number of alkyl halides is 3. The monoisotopic (exact) mass is 571 g/mol. The molecule has 0 saturated carbocycles. The summed E-state index contributed by atoms with van der Waals surface area (Å²) in [5.41, 5.74) is 0.749. The van der Waals surface area contributed by atoms with Gasteiger partial charge in [-0.05, 0) is 23.8 Å². The Morgan fingerprint density at radius 1 is 1.19 bits per heavy atom. The molecule has 0 bridgehead atoms. The van der Waals surface area contributed by atoms with Crippen LogP contribution in [-0.4, -0.2) is 60.6 Å². The highest BCUT2D eigenvalue weighted by molar-refractivity contribution is 8.26. The number of nitrogens with zero attached hydrogens (tertiary/aromatic N) is 2. The smallest absolute Gasteiger partial charge is 0.456 e. The lowest BCUT2D eigenvalue weighted by Gasteiger charge is -2.27. The summed E-state index contributed by atoms with van der Waals surface area (Å²) in [7, 11) is -4.29. The lowest BCUT2D eigenvalue weighted by molar-refractivity contribution is -0.275. The van der Waals surface area contributed by atoms with Crippen LogP contribution in [0.1, 0.15) is 5.76 Å². The van der Waals surface area contributed by atoms with Crippen LogP contribution in [0.2, 0.25) is 0 Å². The number of thioether (sulfide) groups is 1. The van der Waals surface area contributed by atoms with Gasteiger partial charge in [0.05, 0.1) is 18.1 Å². The lowest BCUT2D eigenvalue weighted by atomic mass is 10.1. The van der Waals surface area contributed by atoms with Crippen molar-refractivity contribution in [1.29, 1.82) is 0 Å². The first kappa shape index (κ1) is 25.7. The number of hydrogen-bond acceptors (Lipinski definition) is 9. The molecule has 5 rings (SSSR count). The molecule has 0 atom stereocenters. The molecule has 2 saturated heterocycles. The Morgan fingerprint density at radius 2 is 1.95 bits per heavy atom. The van der Waals surface area contributed by atoms with E-state index in [0.29, 0.717) is 25.9 Å². The minimum atomic E-state index is -5.14. The first-order chi connectivity index (χ1) is 17.5. The molecular weight excluding hydrogens is 555 g/mol. The molecule has 1 aromatic carbocycles. The van der Waals surface area contributed by atoms with E-state index in [9.17, 15) is 26.4 Å². The fourth-order valence-electron chi connectivity index (χ4n) is 3.83. The number of sulfonamides is 1. The second-order valence-electron chi connectivity index (χ2n) is 7.83. The second kappa shape index (κ2) is 9.72. The van der Waals surface area contributed by atoms with E-state index in [1.165, 1.54) is 24.5 Å². The molecule has 0 unspecified atom stereocenters. The first-order valence-electron chi connectivity index (χ1n) is 10.6. The average molecular weight is 572 g/mol. The van der Waals surface area contributed by atoms with Crippen molar-refractivity contribution in [3.05, 3.63) is 47.3 Å². The van der Waals surface area contributed by atoms with Gasteiger partial charge < -0.3 is 19.2 Å². The van der Waals surface area contributed by atoms with Gasteiger partial charge in [-0.1, -0.05) is 30.0 Å². The molecule has 3 aromatic rings. The van der Waals surface area contributed by atoms with Crippen molar-refractivity contribution in [3.63, 3.8) is 0 Å².